The van der Waals surface area contributed by atoms with Gasteiger partial charge in [-0.25, -0.2) is 8.42 Å². The molecule has 0 heterocycles. The van der Waals surface area contributed by atoms with Crippen LogP contribution in [0.15, 0.2) is 24.3 Å². The predicted octanol–water partition coefficient (Wildman–Crippen LogP) is 2.45. The molecule has 0 fully saturated rings. The number of halogens is 1. The first-order valence-electron chi connectivity index (χ1n) is 7.49. The summed E-state index contributed by atoms with van der Waals surface area (Å²) in [5.74, 6) is -0.162. The van der Waals surface area contributed by atoms with Gasteiger partial charge >= 0.3 is 0 Å². The van der Waals surface area contributed by atoms with E-state index in [1.807, 2.05) is 39.0 Å². The van der Waals surface area contributed by atoms with Gasteiger partial charge in [0, 0.05) is 30.1 Å². The fraction of sp³-hybridized carbons (Fsp3) is 0.562. The van der Waals surface area contributed by atoms with E-state index in [0.717, 1.165) is 11.8 Å². The van der Waals surface area contributed by atoms with Crippen molar-refractivity contribution >= 4 is 27.5 Å². The van der Waals surface area contributed by atoms with Crippen molar-refractivity contribution in [1.29, 1.82) is 0 Å². The molecule has 0 unspecified atom stereocenters. The van der Waals surface area contributed by atoms with Crippen LogP contribution in [0.4, 0.5) is 0 Å². The van der Waals surface area contributed by atoms with Crippen molar-refractivity contribution in [2.24, 2.45) is 0 Å². The quantitative estimate of drug-likeness (QED) is 0.812. The molecular formula is C16H25ClN2O3S. The third kappa shape index (κ3) is 7.33. The van der Waals surface area contributed by atoms with Gasteiger partial charge in [0.05, 0.1) is 6.26 Å². The second-order valence-electron chi connectivity index (χ2n) is 6.49. The Bertz CT molecular complexity index is 639. The van der Waals surface area contributed by atoms with Crippen molar-refractivity contribution in [3.63, 3.8) is 0 Å². The van der Waals surface area contributed by atoms with Crippen LogP contribution >= 0.6 is 11.6 Å². The number of benzene rings is 1. The molecule has 0 aliphatic heterocycles. The zero-order valence-electron chi connectivity index (χ0n) is 14.1. The van der Waals surface area contributed by atoms with Gasteiger partial charge in [0.25, 0.3) is 0 Å². The fourth-order valence-corrected chi connectivity index (χ4v) is 3.96. The number of sulfonamides is 1. The van der Waals surface area contributed by atoms with Crippen LogP contribution in [0.25, 0.3) is 0 Å². The molecule has 0 aliphatic rings. The van der Waals surface area contributed by atoms with E-state index in [-0.39, 0.29) is 18.9 Å². The molecule has 130 valence electrons. The maximum Gasteiger partial charge on any atom is 0.221 e. The van der Waals surface area contributed by atoms with Gasteiger partial charge < -0.3 is 5.32 Å². The molecule has 23 heavy (non-hydrogen) atoms. The third-order valence-corrected chi connectivity index (χ3v) is 5.08. The van der Waals surface area contributed by atoms with Crippen molar-refractivity contribution in [3.8, 4) is 0 Å². The molecule has 1 N–H and O–H groups in total. The zero-order valence-corrected chi connectivity index (χ0v) is 15.7. The summed E-state index contributed by atoms with van der Waals surface area (Å²) in [6.07, 6.45) is 1.98. The first kappa shape index (κ1) is 19.9. The normalized spacial score (nSPS) is 12.4. The lowest BCUT2D eigenvalue weighted by Gasteiger charge is -2.33. The highest BCUT2D eigenvalue weighted by Gasteiger charge is 2.29. The molecule has 5 nitrogen and oxygen atoms in total. The van der Waals surface area contributed by atoms with Crippen LogP contribution in [0.2, 0.25) is 5.02 Å². The van der Waals surface area contributed by atoms with E-state index < -0.39 is 15.6 Å². The highest BCUT2D eigenvalue weighted by atomic mass is 35.5. The molecule has 0 saturated heterocycles. The van der Waals surface area contributed by atoms with Crippen LogP contribution in [0.3, 0.4) is 0 Å². The Morgan fingerprint density at radius 3 is 2.48 bits per heavy atom. The van der Waals surface area contributed by atoms with Crippen molar-refractivity contribution in [2.45, 2.75) is 39.2 Å². The Morgan fingerprint density at radius 2 is 1.96 bits per heavy atom. The SMILES string of the molecule is CC(C)(C)N(CCC(=O)NCCc1cccc(Cl)c1)S(C)(=O)=O. The van der Waals surface area contributed by atoms with E-state index in [9.17, 15) is 13.2 Å². The van der Waals surface area contributed by atoms with E-state index in [0.29, 0.717) is 18.0 Å². The molecule has 1 amide bonds. The molecule has 1 aromatic rings. The summed E-state index contributed by atoms with van der Waals surface area (Å²) in [6.45, 7) is 6.10. The number of nitrogens with zero attached hydrogens (tertiary/aromatic N) is 1. The lowest BCUT2D eigenvalue weighted by molar-refractivity contribution is -0.121. The first-order valence-corrected chi connectivity index (χ1v) is 9.72. The molecule has 0 spiro atoms. The Kier molecular flexibility index (Phi) is 7.04. The predicted molar refractivity (Wildman–Crippen MR) is 94.1 cm³/mol. The van der Waals surface area contributed by atoms with Crippen molar-refractivity contribution in [1.82, 2.24) is 9.62 Å². The van der Waals surface area contributed by atoms with Crippen LogP contribution in [0.5, 0.6) is 0 Å². The van der Waals surface area contributed by atoms with Gasteiger partial charge in [0.1, 0.15) is 0 Å². The Balaban J connectivity index is 2.44. The topological polar surface area (TPSA) is 66.5 Å². The van der Waals surface area contributed by atoms with Gasteiger partial charge in [0.2, 0.25) is 15.9 Å². The lowest BCUT2D eigenvalue weighted by atomic mass is 10.1. The van der Waals surface area contributed by atoms with Gasteiger partial charge in [-0.3, -0.25) is 4.79 Å². The number of hydrogen-bond donors (Lipinski definition) is 1. The summed E-state index contributed by atoms with van der Waals surface area (Å²) in [5, 5.41) is 3.47. The number of rotatable bonds is 7. The van der Waals surface area contributed by atoms with E-state index in [2.05, 4.69) is 5.32 Å². The minimum absolute atomic E-state index is 0.139. The molecule has 1 rings (SSSR count). The second kappa shape index (κ2) is 8.13. The first-order chi connectivity index (χ1) is 10.5. The average Bonchev–Trinajstić information content (AvgIpc) is 2.35. The number of nitrogens with one attached hydrogen (secondary N) is 1. The van der Waals surface area contributed by atoms with Crippen molar-refractivity contribution < 1.29 is 13.2 Å². The largest absolute Gasteiger partial charge is 0.356 e. The van der Waals surface area contributed by atoms with E-state index in [1.54, 1.807) is 6.07 Å². The van der Waals surface area contributed by atoms with Gasteiger partial charge in [0.15, 0.2) is 0 Å². The second-order valence-corrected chi connectivity index (χ2v) is 8.83. The van der Waals surface area contributed by atoms with E-state index >= 15 is 0 Å². The Labute approximate surface area is 144 Å². The molecule has 0 aromatic heterocycles. The minimum atomic E-state index is -3.35. The van der Waals surface area contributed by atoms with E-state index in [4.69, 9.17) is 11.6 Å². The van der Waals surface area contributed by atoms with Crippen LogP contribution in [-0.4, -0.2) is 43.5 Å². The van der Waals surface area contributed by atoms with Gasteiger partial charge in [-0.15, -0.1) is 0 Å². The molecule has 0 radical (unpaired) electrons. The van der Waals surface area contributed by atoms with Crippen molar-refractivity contribution in [2.75, 3.05) is 19.3 Å². The summed E-state index contributed by atoms with van der Waals surface area (Å²) in [4.78, 5) is 11.9. The number of hydrogen-bond acceptors (Lipinski definition) is 3. The van der Waals surface area contributed by atoms with Gasteiger partial charge in [-0.2, -0.15) is 4.31 Å². The highest BCUT2D eigenvalue weighted by molar-refractivity contribution is 7.88. The molecule has 0 atom stereocenters. The van der Waals surface area contributed by atoms with Crippen LogP contribution in [-0.2, 0) is 21.2 Å². The summed E-state index contributed by atoms with van der Waals surface area (Å²) >= 11 is 5.91. The number of amides is 1. The van der Waals surface area contributed by atoms with E-state index in [1.165, 1.54) is 4.31 Å². The maximum absolute atomic E-state index is 11.9. The fourth-order valence-electron chi connectivity index (χ4n) is 2.33. The van der Waals surface area contributed by atoms with Crippen molar-refractivity contribution in [3.05, 3.63) is 34.9 Å². The molecule has 1 aromatic carbocycles. The summed E-state index contributed by atoms with van der Waals surface area (Å²) in [7, 11) is -3.35. The standard InChI is InChI=1S/C16H25ClN2O3S/c1-16(2,3)19(23(4,21)22)11-9-15(20)18-10-8-13-6-5-7-14(17)12-13/h5-7,12H,8-11H2,1-4H3,(H,18,20). The van der Waals surface area contributed by atoms with Crippen LogP contribution < -0.4 is 5.32 Å². The Morgan fingerprint density at radius 1 is 1.30 bits per heavy atom. The number of carbonyl (C=O) groups excluding carboxylic acids is 1. The smallest absolute Gasteiger partial charge is 0.221 e. The Hall–Kier alpha value is -1.11. The summed E-state index contributed by atoms with van der Waals surface area (Å²) in [6, 6.07) is 7.48. The average molecular weight is 361 g/mol. The number of carbonyl (C=O) groups is 1. The van der Waals surface area contributed by atoms with Crippen LogP contribution in [0.1, 0.15) is 32.8 Å². The molecule has 0 bridgehead atoms. The lowest BCUT2D eigenvalue weighted by Crippen LogP contribution is -2.46. The highest BCUT2D eigenvalue weighted by Crippen LogP contribution is 2.17. The van der Waals surface area contributed by atoms with Crippen LogP contribution in [0, 0.1) is 0 Å². The molecule has 0 saturated carbocycles. The monoisotopic (exact) mass is 360 g/mol. The summed E-state index contributed by atoms with van der Waals surface area (Å²) < 4.78 is 25.0. The van der Waals surface area contributed by atoms with Gasteiger partial charge in [-0.1, -0.05) is 23.7 Å². The zero-order chi connectivity index (χ0) is 17.7. The van der Waals surface area contributed by atoms with Gasteiger partial charge in [-0.05, 0) is 44.9 Å². The third-order valence-electron chi connectivity index (χ3n) is 3.32. The maximum atomic E-state index is 11.9. The minimum Gasteiger partial charge on any atom is -0.356 e. The summed E-state index contributed by atoms with van der Waals surface area (Å²) in [5.41, 5.74) is 0.500. The molecule has 0 aliphatic carbocycles. The molecular weight excluding hydrogens is 336 g/mol. The molecule has 7 heteroatoms.